The van der Waals surface area contributed by atoms with Gasteiger partial charge in [0.05, 0.1) is 0 Å². The van der Waals surface area contributed by atoms with Crippen molar-refractivity contribution in [3.8, 4) is 11.4 Å². The molecule has 2 N–H and O–H groups in total. The Morgan fingerprint density at radius 3 is 2.08 bits per heavy atom. The van der Waals surface area contributed by atoms with Crippen LogP contribution in [0.5, 0.6) is 0 Å². The van der Waals surface area contributed by atoms with Crippen molar-refractivity contribution < 1.29 is 0 Å². The Kier molecular flexibility index (Phi) is 5.46. The fourth-order valence-corrected chi connectivity index (χ4v) is 2.32. The largest absolute Gasteiger partial charge is 0.354 e. The van der Waals surface area contributed by atoms with Crippen LogP contribution in [-0.4, -0.2) is 21.5 Å². The average Bonchev–Trinajstić information content (AvgIpc) is 2.68. The molecule has 5 heteroatoms. The third kappa shape index (κ3) is 4.79. The lowest BCUT2D eigenvalue weighted by Crippen LogP contribution is -2.23. The first kappa shape index (κ1) is 17.9. The average molecular weight is 347 g/mol. The van der Waals surface area contributed by atoms with E-state index in [1.807, 2.05) is 60.7 Å². The number of hydrogen-bond donors (Lipinski definition) is 2. The van der Waals surface area contributed by atoms with Crippen LogP contribution in [0.4, 0.5) is 17.6 Å². The maximum absolute atomic E-state index is 4.61. The Labute approximate surface area is 154 Å². The van der Waals surface area contributed by atoms with E-state index in [0.29, 0.717) is 17.7 Å². The first-order valence-corrected chi connectivity index (χ1v) is 8.93. The molecule has 0 saturated heterocycles. The maximum atomic E-state index is 4.61. The lowest BCUT2D eigenvalue weighted by atomic mass is 9.90. The molecular weight excluding hydrogens is 322 g/mol. The summed E-state index contributed by atoms with van der Waals surface area (Å²) >= 11 is 0. The minimum Gasteiger partial charge on any atom is -0.354 e. The van der Waals surface area contributed by atoms with Crippen LogP contribution in [0, 0.1) is 5.41 Å². The van der Waals surface area contributed by atoms with Crippen molar-refractivity contribution in [1.29, 1.82) is 0 Å². The van der Waals surface area contributed by atoms with Gasteiger partial charge in [-0.05, 0) is 24.0 Å². The summed E-state index contributed by atoms with van der Waals surface area (Å²) in [6, 6.07) is 19.9. The van der Waals surface area contributed by atoms with Crippen LogP contribution < -0.4 is 10.6 Å². The fourth-order valence-electron chi connectivity index (χ4n) is 2.32. The number of aromatic nitrogens is 3. The summed E-state index contributed by atoms with van der Waals surface area (Å²) in [5.41, 5.74) is 2.08. The number of benzene rings is 2. The Morgan fingerprint density at radius 2 is 1.42 bits per heavy atom. The first-order chi connectivity index (χ1) is 12.6. The Morgan fingerprint density at radius 1 is 0.808 bits per heavy atom. The highest BCUT2D eigenvalue weighted by Gasteiger charge is 2.16. The van der Waals surface area contributed by atoms with Crippen LogP contribution in [0.2, 0.25) is 0 Å². The summed E-state index contributed by atoms with van der Waals surface area (Å²) in [6.45, 7) is 7.43. The number of hydrogen-bond acceptors (Lipinski definition) is 5. The fraction of sp³-hybridized carbons (Fsp3) is 0.286. The van der Waals surface area contributed by atoms with Crippen molar-refractivity contribution in [3.63, 3.8) is 0 Å². The zero-order chi connectivity index (χ0) is 18.4. The van der Waals surface area contributed by atoms with Gasteiger partial charge < -0.3 is 10.6 Å². The van der Waals surface area contributed by atoms with E-state index in [9.17, 15) is 0 Å². The maximum Gasteiger partial charge on any atom is 0.232 e. The van der Waals surface area contributed by atoms with Crippen LogP contribution in [0.1, 0.15) is 27.2 Å². The predicted molar refractivity (Wildman–Crippen MR) is 108 cm³/mol. The van der Waals surface area contributed by atoms with Crippen molar-refractivity contribution in [3.05, 3.63) is 60.7 Å². The summed E-state index contributed by atoms with van der Waals surface area (Å²) in [6.07, 6.45) is 1.08. The molecule has 0 aliphatic carbocycles. The molecule has 0 fully saturated rings. The quantitative estimate of drug-likeness (QED) is 0.620. The summed E-state index contributed by atoms with van der Waals surface area (Å²) in [5.74, 6) is 1.76. The van der Waals surface area contributed by atoms with Crippen LogP contribution in [0.25, 0.3) is 11.4 Å². The van der Waals surface area contributed by atoms with Crippen LogP contribution in [0.3, 0.4) is 0 Å². The second kappa shape index (κ2) is 7.95. The Balaban J connectivity index is 1.91. The lowest BCUT2D eigenvalue weighted by molar-refractivity contribution is 0.376. The summed E-state index contributed by atoms with van der Waals surface area (Å²) < 4.78 is 0. The lowest BCUT2D eigenvalue weighted by Gasteiger charge is -2.23. The molecule has 3 aromatic rings. The van der Waals surface area contributed by atoms with E-state index in [0.717, 1.165) is 24.2 Å². The molecule has 0 amide bonds. The number of anilines is 3. The van der Waals surface area contributed by atoms with Gasteiger partial charge in [0.15, 0.2) is 5.82 Å². The van der Waals surface area contributed by atoms with Gasteiger partial charge in [-0.15, -0.1) is 0 Å². The number of nitrogens with zero attached hydrogens (tertiary/aromatic N) is 3. The molecule has 0 unspecified atom stereocenters. The van der Waals surface area contributed by atoms with Gasteiger partial charge in [-0.1, -0.05) is 69.3 Å². The van der Waals surface area contributed by atoms with Gasteiger partial charge in [-0.25, -0.2) is 0 Å². The molecule has 134 valence electrons. The molecule has 26 heavy (non-hydrogen) atoms. The van der Waals surface area contributed by atoms with E-state index < -0.39 is 0 Å². The number of nitrogens with one attached hydrogen (secondary N) is 2. The summed E-state index contributed by atoms with van der Waals surface area (Å²) in [7, 11) is 0. The molecule has 0 spiro atoms. The predicted octanol–water partition coefficient (Wildman–Crippen LogP) is 5.13. The van der Waals surface area contributed by atoms with Gasteiger partial charge >= 0.3 is 0 Å². The van der Waals surface area contributed by atoms with Gasteiger partial charge in [0, 0.05) is 17.8 Å². The summed E-state index contributed by atoms with van der Waals surface area (Å²) in [4.78, 5) is 13.7. The zero-order valence-corrected chi connectivity index (χ0v) is 15.5. The van der Waals surface area contributed by atoms with E-state index in [1.54, 1.807) is 0 Å². The third-order valence-electron chi connectivity index (χ3n) is 4.38. The first-order valence-electron chi connectivity index (χ1n) is 8.93. The standard InChI is InChI=1S/C21H25N5/c1-4-21(2,3)15-22-19-24-18(16-11-7-5-8-12-16)25-20(26-19)23-17-13-9-6-10-14-17/h5-14H,4,15H2,1-3H3,(H2,22,23,24,25,26). The van der Waals surface area contributed by atoms with Gasteiger partial charge in [-0.3, -0.25) is 0 Å². The van der Waals surface area contributed by atoms with Crippen molar-refractivity contribution >= 4 is 17.6 Å². The van der Waals surface area contributed by atoms with Crippen LogP contribution in [0.15, 0.2) is 60.7 Å². The van der Waals surface area contributed by atoms with E-state index in [2.05, 4.69) is 46.4 Å². The number of para-hydroxylation sites is 1. The van der Waals surface area contributed by atoms with E-state index >= 15 is 0 Å². The third-order valence-corrected chi connectivity index (χ3v) is 4.38. The van der Waals surface area contributed by atoms with Gasteiger partial charge in [0.25, 0.3) is 0 Å². The Hall–Kier alpha value is -2.95. The molecule has 0 aliphatic heterocycles. The van der Waals surface area contributed by atoms with Gasteiger partial charge in [0.1, 0.15) is 0 Å². The van der Waals surface area contributed by atoms with Gasteiger partial charge in [-0.2, -0.15) is 15.0 Å². The van der Waals surface area contributed by atoms with Crippen molar-refractivity contribution in [2.45, 2.75) is 27.2 Å². The van der Waals surface area contributed by atoms with Crippen LogP contribution in [-0.2, 0) is 0 Å². The SMILES string of the molecule is CCC(C)(C)CNc1nc(Nc2ccccc2)nc(-c2ccccc2)n1. The number of rotatable bonds is 7. The zero-order valence-electron chi connectivity index (χ0n) is 15.5. The monoisotopic (exact) mass is 347 g/mol. The minimum atomic E-state index is 0.173. The molecule has 0 atom stereocenters. The van der Waals surface area contributed by atoms with Gasteiger partial charge in [0.2, 0.25) is 11.9 Å². The Bertz CT molecular complexity index is 832. The topological polar surface area (TPSA) is 62.7 Å². The molecule has 0 bridgehead atoms. The summed E-state index contributed by atoms with van der Waals surface area (Å²) in [5, 5.41) is 6.63. The molecule has 1 heterocycles. The highest BCUT2D eigenvalue weighted by molar-refractivity contribution is 5.60. The second-order valence-electron chi connectivity index (χ2n) is 7.03. The molecule has 0 aliphatic rings. The smallest absolute Gasteiger partial charge is 0.232 e. The van der Waals surface area contributed by atoms with Crippen molar-refractivity contribution in [2.75, 3.05) is 17.2 Å². The van der Waals surface area contributed by atoms with Crippen molar-refractivity contribution in [1.82, 2.24) is 15.0 Å². The molecule has 5 nitrogen and oxygen atoms in total. The normalized spacial score (nSPS) is 11.2. The van der Waals surface area contributed by atoms with Crippen LogP contribution >= 0.6 is 0 Å². The molecule has 0 radical (unpaired) electrons. The molecule has 1 aromatic heterocycles. The highest BCUT2D eigenvalue weighted by atomic mass is 15.2. The second-order valence-corrected chi connectivity index (χ2v) is 7.03. The molecular formula is C21H25N5. The minimum absolute atomic E-state index is 0.173. The molecule has 3 rings (SSSR count). The van der Waals surface area contributed by atoms with E-state index in [-0.39, 0.29) is 5.41 Å². The van der Waals surface area contributed by atoms with E-state index in [4.69, 9.17) is 0 Å². The highest BCUT2D eigenvalue weighted by Crippen LogP contribution is 2.22. The molecule has 0 saturated carbocycles. The van der Waals surface area contributed by atoms with Crippen molar-refractivity contribution in [2.24, 2.45) is 5.41 Å². The molecule has 2 aromatic carbocycles. The van der Waals surface area contributed by atoms with E-state index in [1.165, 1.54) is 0 Å².